The van der Waals surface area contributed by atoms with Gasteiger partial charge in [-0.3, -0.25) is 5.10 Å². The minimum atomic E-state index is -1.03. The van der Waals surface area contributed by atoms with E-state index in [9.17, 15) is 4.79 Å². The number of carbonyl (C=O) groups is 1. The lowest BCUT2D eigenvalue weighted by molar-refractivity contribution is -0.130. The summed E-state index contributed by atoms with van der Waals surface area (Å²) in [5.74, 6) is -1.03. The summed E-state index contributed by atoms with van der Waals surface area (Å²) in [6.07, 6.45) is 1.56. The highest BCUT2D eigenvalue weighted by Gasteiger charge is 2.16. The summed E-state index contributed by atoms with van der Waals surface area (Å²) in [6, 6.07) is 3.90. The molecule has 2 aromatic rings. The van der Waals surface area contributed by atoms with Gasteiger partial charge in [0.1, 0.15) is 5.69 Å². The van der Waals surface area contributed by atoms with Crippen LogP contribution in [0, 0.1) is 6.92 Å². The van der Waals surface area contributed by atoms with Crippen LogP contribution in [0.1, 0.15) is 10.4 Å². The summed E-state index contributed by atoms with van der Waals surface area (Å²) in [4.78, 5) is 12.9. The van der Waals surface area contributed by atoms with Gasteiger partial charge in [0, 0.05) is 16.6 Å². The Morgan fingerprint density at radius 1 is 1.56 bits per heavy atom. The van der Waals surface area contributed by atoms with Crippen LogP contribution < -0.4 is 0 Å². The highest BCUT2D eigenvalue weighted by Crippen LogP contribution is 2.31. The van der Waals surface area contributed by atoms with Gasteiger partial charge in [0.2, 0.25) is 0 Å². The molecule has 82 valence electrons. The largest absolute Gasteiger partial charge is 0.478 e. The molecule has 2 aromatic heterocycles. The van der Waals surface area contributed by atoms with Gasteiger partial charge in [-0.2, -0.15) is 5.10 Å². The van der Waals surface area contributed by atoms with Crippen LogP contribution in [-0.2, 0) is 4.79 Å². The van der Waals surface area contributed by atoms with Gasteiger partial charge in [-0.25, -0.2) is 4.79 Å². The van der Waals surface area contributed by atoms with Crippen LogP contribution in [0.25, 0.3) is 16.1 Å². The highest BCUT2D eigenvalue weighted by molar-refractivity contribution is 7.15. The lowest BCUT2D eigenvalue weighted by atomic mass is 10.1. The number of aliphatic carboxylic acids is 1. The molecule has 0 aliphatic carbocycles. The monoisotopic (exact) mass is 234 g/mol. The number of aromatic nitrogens is 2. The normalized spacial score (nSPS) is 10.3. The van der Waals surface area contributed by atoms with Gasteiger partial charge >= 0.3 is 5.97 Å². The minimum absolute atomic E-state index is 0.0507. The maximum absolute atomic E-state index is 10.8. The Balaban J connectivity index is 2.47. The van der Waals surface area contributed by atoms with Gasteiger partial charge in [-0.1, -0.05) is 6.58 Å². The third-order valence-corrected chi connectivity index (χ3v) is 3.20. The van der Waals surface area contributed by atoms with Crippen molar-refractivity contribution in [2.24, 2.45) is 0 Å². The standard InChI is InChI=1S/C11H10N2O2S/c1-6-3-4-9(16-6)10-8(5-12-13-10)7(2)11(14)15/h3-5H,2H2,1H3,(H,12,13)(H,14,15). The molecule has 0 aliphatic rings. The second kappa shape index (κ2) is 3.94. The lowest BCUT2D eigenvalue weighted by Crippen LogP contribution is -1.97. The summed E-state index contributed by atoms with van der Waals surface area (Å²) >= 11 is 1.57. The molecule has 2 rings (SSSR count). The average Bonchev–Trinajstić information content (AvgIpc) is 2.83. The van der Waals surface area contributed by atoms with Crippen molar-refractivity contribution in [2.45, 2.75) is 6.92 Å². The number of carboxylic acids is 1. The molecule has 0 unspecified atom stereocenters. The van der Waals surface area contributed by atoms with Gasteiger partial charge in [0.25, 0.3) is 0 Å². The van der Waals surface area contributed by atoms with E-state index in [-0.39, 0.29) is 5.57 Å². The number of nitrogens with zero attached hydrogens (tertiary/aromatic N) is 1. The Morgan fingerprint density at radius 3 is 2.88 bits per heavy atom. The van der Waals surface area contributed by atoms with Crippen LogP contribution >= 0.6 is 11.3 Å². The Labute approximate surface area is 96.3 Å². The summed E-state index contributed by atoms with van der Waals surface area (Å²) in [5.41, 5.74) is 1.23. The number of rotatable bonds is 3. The van der Waals surface area contributed by atoms with Gasteiger partial charge in [0.15, 0.2) is 0 Å². The zero-order chi connectivity index (χ0) is 11.7. The van der Waals surface area contributed by atoms with Crippen molar-refractivity contribution in [3.05, 3.63) is 35.3 Å². The predicted molar refractivity (Wildman–Crippen MR) is 63.3 cm³/mol. The van der Waals surface area contributed by atoms with Gasteiger partial charge in [0.05, 0.1) is 10.5 Å². The maximum atomic E-state index is 10.8. The molecule has 0 spiro atoms. The van der Waals surface area contributed by atoms with Crippen LogP contribution in [0.15, 0.2) is 24.9 Å². The molecule has 16 heavy (non-hydrogen) atoms. The van der Waals surface area contributed by atoms with E-state index >= 15 is 0 Å². The number of hydrogen-bond acceptors (Lipinski definition) is 3. The van der Waals surface area contributed by atoms with Gasteiger partial charge in [-0.05, 0) is 19.1 Å². The first-order valence-electron chi connectivity index (χ1n) is 4.62. The molecular formula is C11H10N2O2S. The number of nitrogens with one attached hydrogen (secondary N) is 1. The van der Waals surface area contributed by atoms with E-state index in [0.29, 0.717) is 11.3 Å². The number of hydrogen-bond donors (Lipinski definition) is 2. The zero-order valence-corrected chi connectivity index (χ0v) is 9.47. The first kappa shape index (κ1) is 10.6. The quantitative estimate of drug-likeness (QED) is 0.802. The molecule has 0 atom stereocenters. The molecular weight excluding hydrogens is 224 g/mol. The number of thiophene rings is 1. The van der Waals surface area contributed by atoms with Crippen molar-refractivity contribution in [1.29, 1.82) is 0 Å². The van der Waals surface area contributed by atoms with Crippen molar-refractivity contribution in [3.63, 3.8) is 0 Å². The Morgan fingerprint density at radius 2 is 2.31 bits per heavy atom. The molecule has 0 aromatic carbocycles. The topological polar surface area (TPSA) is 66.0 Å². The first-order valence-corrected chi connectivity index (χ1v) is 5.44. The van der Waals surface area contributed by atoms with E-state index in [4.69, 9.17) is 5.11 Å². The van der Waals surface area contributed by atoms with E-state index in [1.54, 1.807) is 17.5 Å². The molecule has 0 fully saturated rings. The molecule has 4 nitrogen and oxygen atoms in total. The third-order valence-electron chi connectivity index (χ3n) is 2.20. The van der Waals surface area contributed by atoms with Crippen LogP contribution in [-0.4, -0.2) is 21.3 Å². The van der Waals surface area contributed by atoms with E-state index in [0.717, 1.165) is 9.75 Å². The van der Waals surface area contributed by atoms with Gasteiger partial charge < -0.3 is 5.11 Å². The maximum Gasteiger partial charge on any atom is 0.335 e. The van der Waals surface area contributed by atoms with E-state index < -0.39 is 5.97 Å². The van der Waals surface area contributed by atoms with E-state index in [2.05, 4.69) is 16.8 Å². The highest BCUT2D eigenvalue weighted by atomic mass is 32.1. The molecule has 5 heteroatoms. The fourth-order valence-corrected chi connectivity index (χ4v) is 2.26. The Hall–Kier alpha value is -1.88. The SMILES string of the molecule is C=C(C(=O)O)c1c[nH]nc1-c1ccc(C)s1. The van der Waals surface area contributed by atoms with Crippen molar-refractivity contribution in [2.75, 3.05) is 0 Å². The summed E-state index contributed by atoms with van der Waals surface area (Å²) < 4.78 is 0. The van der Waals surface area contributed by atoms with E-state index in [1.165, 1.54) is 0 Å². The Bertz CT molecular complexity index is 554. The van der Waals surface area contributed by atoms with Gasteiger partial charge in [-0.15, -0.1) is 11.3 Å². The summed E-state index contributed by atoms with van der Waals surface area (Å²) in [7, 11) is 0. The Kier molecular flexibility index (Phi) is 2.62. The smallest absolute Gasteiger partial charge is 0.335 e. The van der Waals surface area contributed by atoms with Crippen molar-refractivity contribution >= 4 is 22.9 Å². The van der Waals surface area contributed by atoms with Crippen LogP contribution in [0.4, 0.5) is 0 Å². The third kappa shape index (κ3) is 1.77. The molecule has 0 amide bonds. The molecule has 0 bridgehead atoms. The second-order valence-electron chi connectivity index (χ2n) is 3.34. The fraction of sp³-hybridized carbons (Fsp3) is 0.0909. The predicted octanol–water partition coefficient (Wildman–Crippen LogP) is 2.54. The van der Waals surface area contributed by atoms with Crippen LogP contribution in [0.3, 0.4) is 0 Å². The molecule has 0 aliphatic heterocycles. The second-order valence-corrected chi connectivity index (χ2v) is 4.63. The fourth-order valence-electron chi connectivity index (χ4n) is 1.38. The molecule has 0 radical (unpaired) electrons. The molecule has 0 saturated heterocycles. The number of aryl methyl sites for hydroxylation is 1. The minimum Gasteiger partial charge on any atom is -0.478 e. The van der Waals surface area contributed by atoms with Crippen molar-refractivity contribution in [1.82, 2.24) is 10.2 Å². The number of aromatic amines is 1. The summed E-state index contributed by atoms with van der Waals surface area (Å²) in [6.45, 7) is 5.53. The van der Waals surface area contributed by atoms with Crippen LogP contribution in [0.5, 0.6) is 0 Å². The average molecular weight is 234 g/mol. The summed E-state index contributed by atoms with van der Waals surface area (Å²) in [5, 5.41) is 15.6. The molecule has 2 heterocycles. The number of H-pyrrole nitrogens is 1. The molecule has 0 saturated carbocycles. The molecule has 2 N–H and O–H groups in total. The zero-order valence-electron chi connectivity index (χ0n) is 8.65. The van der Waals surface area contributed by atoms with E-state index in [1.807, 2.05) is 19.1 Å². The first-order chi connectivity index (χ1) is 7.59. The number of carboxylic acid groups (broad SMARTS) is 1. The lowest BCUT2D eigenvalue weighted by Gasteiger charge is -1.98. The van der Waals surface area contributed by atoms with Crippen molar-refractivity contribution < 1.29 is 9.90 Å². The van der Waals surface area contributed by atoms with Crippen molar-refractivity contribution in [3.8, 4) is 10.6 Å². The van der Waals surface area contributed by atoms with Crippen LogP contribution in [0.2, 0.25) is 0 Å².